The average molecular weight is 277 g/mol. The van der Waals surface area contributed by atoms with Gasteiger partial charge in [-0.2, -0.15) is 4.80 Å². The van der Waals surface area contributed by atoms with Crippen molar-refractivity contribution in [2.24, 2.45) is 0 Å². The van der Waals surface area contributed by atoms with E-state index in [4.69, 9.17) is 4.74 Å². The highest BCUT2D eigenvalue weighted by Crippen LogP contribution is 2.12. The van der Waals surface area contributed by atoms with Crippen LogP contribution in [0.3, 0.4) is 0 Å². The number of carbonyl (C=O) groups is 1. The predicted octanol–water partition coefficient (Wildman–Crippen LogP) is 0.806. The Morgan fingerprint density at radius 1 is 1.40 bits per heavy atom. The minimum atomic E-state index is -0.637. The molecule has 0 spiro atoms. The van der Waals surface area contributed by atoms with Gasteiger partial charge in [-0.1, -0.05) is 12.1 Å². The van der Waals surface area contributed by atoms with Crippen LogP contribution in [0.2, 0.25) is 0 Å². The fourth-order valence-corrected chi connectivity index (χ4v) is 1.47. The molecule has 0 fully saturated rings. The first-order chi connectivity index (χ1) is 9.60. The number of nitro groups is 1. The third-order valence-electron chi connectivity index (χ3n) is 2.38. The summed E-state index contributed by atoms with van der Waals surface area (Å²) in [5.41, 5.74) is 0.760. The molecule has 0 saturated carbocycles. The maximum Gasteiger partial charge on any atom is 0.380 e. The summed E-state index contributed by atoms with van der Waals surface area (Å²) in [6, 6.07) is 5.95. The zero-order valence-corrected chi connectivity index (χ0v) is 10.6. The van der Waals surface area contributed by atoms with Crippen LogP contribution < -0.4 is 0 Å². The molecule has 104 valence electrons. The molecule has 0 unspecified atom stereocenters. The quantitative estimate of drug-likeness (QED) is 0.451. The van der Waals surface area contributed by atoms with Crippen LogP contribution in [0.25, 0.3) is 0 Å². The maximum absolute atomic E-state index is 11.4. The van der Waals surface area contributed by atoms with Crippen LogP contribution in [0.5, 0.6) is 0 Å². The lowest BCUT2D eigenvalue weighted by Crippen LogP contribution is -2.08. The Morgan fingerprint density at radius 3 is 2.70 bits per heavy atom. The van der Waals surface area contributed by atoms with E-state index in [0.717, 1.165) is 5.56 Å². The van der Waals surface area contributed by atoms with Crippen LogP contribution in [0.15, 0.2) is 24.3 Å². The second-order valence-corrected chi connectivity index (χ2v) is 3.79. The monoisotopic (exact) mass is 277 g/mol. The van der Waals surface area contributed by atoms with E-state index in [1.54, 1.807) is 19.1 Å². The second-order valence-electron chi connectivity index (χ2n) is 3.79. The number of esters is 1. The highest BCUT2D eigenvalue weighted by atomic mass is 16.6. The molecule has 9 heteroatoms. The van der Waals surface area contributed by atoms with Gasteiger partial charge in [0, 0.05) is 12.1 Å². The zero-order valence-electron chi connectivity index (χ0n) is 10.6. The SMILES string of the molecule is CCOC(=O)c1nnn(Cc2ccc([N+](=O)[O-])cc2)n1. The molecule has 0 aliphatic rings. The highest BCUT2D eigenvalue weighted by molar-refractivity contribution is 5.84. The third-order valence-corrected chi connectivity index (χ3v) is 2.38. The van der Waals surface area contributed by atoms with Crippen LogP contribution in [0, 0.1) is 10.1 Å². The minimum Gasteiger partial charge on any atom is -0.460 e. The average Bonchev–Trinajstić information content (AvgIpc) is 2.88. The fraction of sp³-hybridized carbons (Fsp3) is 0.273. The second kappa shape index (κ2) is 5.87. The molecule has 0 bridgehead atoms. The summed E-state index contributed by atoms with van der Waals surface area (Å²) in [4.78, 5) is 22.6. The topological polar surface area (TPSA) is 113 Å². The number of hydrogen-bond donors (Lipinski definition) is 0. The molecule has 0 amide bonds. The molecule has 2 aromatic rings. The van der Waals surface area contributed by atoms with Crippen LogP contribution in [-0.4, -0.2) is 37.7 Å². The van der Waals surface area contributed by atoms with Gasteiger partial charge in [0.25, 0.3) is 11.5 Å². The Morgan fingerprint density at radius 2 is 2.10 bits per heavy atom. The van der Waals surface area contributed by atoms with E-state index in [9.17, 15) is 14.9 Å². The number of rotatable bonds is 5. The van der Waals surface area contributed by atoms with Gasteiger partial charge in [-0.05, 0) is 17.7 Å². The number of nitrogens with zero attached hydrogens (tertiary/aromatic N) is 5. The summed E-state index contributed by atoms with van der Waals surface area (Å²) in [7, 11) is 0. The molecule has 1 aromatic carbocycles. The van der Waals surface area contributed by atoms with Crippen LogP contribution in [0.4, 0.5) is 5.69 Å². The Hall–Kier alpha value is -2.84. The van der Waals surface area contributed by atoms with E-state index in [-0.39, 0.29) is 24.7 Å². The van der Waals surface area contributed by atoms with Crippen molar-refractivity contribution in [3.8, 4) is 0 Å². The van der Waals surface area contributed by atoms with Gasteiger partial charge in [0.2, 0.25) is 0 Å². The van der Waals surface area contributed by atoms with Crippen molar-refractivity contribution in [3.63, 3.8) is 0 Å². The highest BCUT2D eigenvalue weighted by Gasteiger charge is 2.14. The molecular weight excluding hydrogens is 266 g/mol. The van der Waals surface area contributed by atoms with Gasteiger partial charge in [0.1, 0.15) is 0 Å². The summed E-state index contributed by atoms with van der Waals surface area (Å²) in [6.07, 6.45) is 0. The normalized spacial score (nSPS) is 10.2. The fourth-order valence-electron chi connectivity index (χ4n) is 1.47. The first kappa shape index (κ1) is 13.6. The number of tetrazole rings is 1. The van der Waals surface area contributed by atoms with Crippen molar-refractivity contribution in [1.29, 1.82) is 0 Å². The minimum absolute atomic E-state index is 0.00696. The maximum atomic E-state index is 11.4. The van der Waals surface area contributed by atoms with E-state index in [1.807, 2.05) is 0 Å². The number of aromatic nitrogens is 4. The lowest BCUT2D eigenvalue weighted by Gasteiger charge is -1.99. The molecule has 0 radical (unpaired) electrons. The molecule has 0 atom stereocenters. The Labute approximate surface area is 113 Å². The van der Waals surface area contributed by atoms with E-state index in [2.05, 4.69) is 15.4 Å². The van der Waals surface area contributed by atoms with Crippen molar-refractivity contribution in [2.75, 3.05) is 6.61 Å². The van der Waals surface area contributed by atoms with Gasteiger partial charge in [0.15, 0.2) is 0 Å². The largest absolute Gasteiger partial charge is 0.460 e. The number of ether oxygens (including phenoxy) is 1. The summed E-state index contributed by atoms with van der Waals surface area (Å²) in [6.45, 7) is 2.17. The molecule has 0 aliphatic carbocycles. The molecule has 1 aromatic heterocycles. The lowest BCUT2D eigenvalue weighted by molar-refractivity contribution is -0.384. The Kier molecular flexibility index (Phi) is 3.99. The number of non-ortho nitro benzene ring substituents is 1. The van der Waals surface area contributed by atoms with Crippen molar-refractivity contribution in [3.05, 3.63) is 45.8 Å². The molecule has 0 saturated heterocycles. The van der Waals surface area contributed by atoms with Gasteiger partial charge in [-0.15, -0.1) is 10.2 Å². The smallest absolute Gasteiger partial charge is 0.380 e. The number of nitro benzene ring substituents is 1. The summed E-state index contributed by atoms with van der Waals surface area (Å²) in [5, 5.41) is 21.7. The summed E-state index contributed by atoms with van der Waals surface area (Å²) >= 11 is 0. The Balaban J connectivity index is 2.06. The van der Waals surface area contributed by atoms with Gasteiger partial charge in [0.05, 0.1) is 18.1 Å². The molecule has 0 N–H and O–H groups in total. The van der Waals surface area contributed by atoms with Gasteiger partial charge in [-0.3, -0.25) is 10.1 Å². The standard InChI is InChI=1S/C11H11N5O4/c1-2-20-11(17)10-12-14-15(13-10)7-8-3-5-9(6-4-8)16(18)19/h3-6H,2,7H2,1H3. The van der Waals surface area contributed by atoms with E-state index in [0.29, 0.717) is 0 Å². The zero-order chi connectivity index (χ0) is 14.5. The Bertz CT molecular complexity index is 622. The van der Waals surface area contributed by atoms with E-state index in [1.165, 1.54) is 16.9 Å². The number of hydrogen-bond acceptors (Lipinski definition) is 7. The first-order valence-electron chi connectivity index (χ1n) is 5.78. The first-order valence-corrected chi connectivity index (χ1v) is 5.78. The molecule has 9 nitrogen and oxygen atoms in total. The van der Waals surface area contributed by atoms with Gasteiger partial charge < -0.3 is 4.74 Å². The molecule has 0 aliphatic heterocycles. The number of carbonyl (C=O) groups excluding carboxylic acids is 1. The molecular formula is C11H11N5O4. The predicted molar refractivity (Wildman–Crippen MR) is 66.0 cm³/mol. The summed E-state index contributed by atoms with van der Waals surface area (Å²) in [5.74, 6) is -0.754. The van der Waals surface area contributed by atoms with E-state index >= 15 is 0 Å². The van der Waals surface area contributed by atoms with Crippen LogP contribution in [0.1, 0.15) is 23.1 Å². The van der Waals surface area contributed by atoms with Gasteiger partial charge >= 0.3 is 5.97 Å². The van der Waals surface area contributed by atoms with Crippen LogP contribution >= 0.6 is 0 Å². The molecule has 20 heavy (non-hydrogen) atoms. The lowest BCUT2D eigenvalue weighted by atomic mass is 10.2. The van der Waals surface area contributed by atoms with Gasteiger partial charge in [-0.25, -0.2) is 4.79 Å². The summed E-state index contributed by atoms with van der Waals surface area (Å²) < 4.78 is 4.74. The third kappa shape index (κ3) is 3.13. The number of benzene rings is 1. The van der Waals surface area contributed by atoms with Crippen LogP contribution in [-0.2, 0) is 11.3 Å². The van der Waals surface area contributed by atoms with Crippen molar-refractivity contribution >= 4 is 11.7 Å². The van der Waals surface area contributed by atoms with Crippen molar-refractivity contribution in [1.82, 2.24) is 20.2 Å². The van der Waals surface area contributed by atoms with E-state index < -0.39 is 10.9 Å². The molecule has 1 heterocycles. The van der Waals surface area contributed by atoms with Crippen molar-refractivity contribution < 1.29 is 14.5 Å². The van der Waals surface area contributed by atoms with Crippen molar-refractivity contribution in [2.45, 2.75) is 13.5 Å². The molecule has 2 rings (SSSR count).